The summed E-state index contributed by atoms with van der Waals surface area (Å²) >= 11 is 4.17. The third-order valence-corrected chi connectivity index (χ3v) is 6.96. The Bertz CT molecular complexity index is 1260. The number of carbonyl (C=O) groups is 1. The maximum absolute atomic E-state index is 12.6. The molecule has 0 aliphatic rings. The van der Waals surface area contributed by atoms with Crippen LogP contribution < -0.4 is 5.32 Å². The highest BCUT2D eigenvalue weighted by atomic mass is 32.2. The van der Waals surface area contributed by atoms with Gasteiger partial charge >= 0.3 is 0 Å². The fraction of sp³-hybridized carbons (Fsp3) is 0.0476. The molecule has 0 saturated heterocycles. The molecule has 0 radical (unpaired) electrons. The van der Waals surface area contributed by atoms with Gasteiger partial charge in [-0.2, -0.15) is 0 Å². The number of para-hydroxylation sites is 1. The molecule has 29 heavy (non-hydrogen) atoms. The first-order valence-corrected chi connectivity index (χ1v) is 11.0. The minimum atomic E-state index is -0.246. The van der Waals surface area contributed by atoms with E-state index in [1.807, 2.05) is 49.4 Å². The van der Waals surface area contributed by atoms with Gasteiger partial charge in [0.05, 0.1) is 10.4 Å². The van der Waals surface area contributed by atoms with Crippen molar-refractivity contribution in [3.63, 3.8) is 0 Å². The summed E-state index contributed by atoms with van der Waals surface area (Å²) in [5, 5.41) is 12.6. The van der Waals surface area contributed by atoms with E-state index in [-0.39, 0.29) is 5.91 Å². The molecular weight excluding hydrogens is 420 g/mol. The van der Waals surface area contributed by atoms with Crippen LogP contribution in [0.5, 0.6) is 0 Å². The van der Waals surface area contributed by atoms with E-state index in [9.17, 15) is 4.79 Å². The Labute approximate surface area is 179 Å². The molecule has 0 spiro atoms. The number of hydrogen-bond donors (Lipinski definition) is 1. The van der Waals surface area contributed by atoms with Gasteiger partial charge in [-0.25, -0.2) is 0 Å². The minimum Gasteiger partial charge on any atom is -0.296 e. The lowest BCUT2D eigenvalue weighted by molar-refractivity contribution is 0.103. The van der Waals surface area contributed by atoms with E-state index in [2.05, 4.69) is 26.4 Å². The van der Waals surface area contributed by atoms with E-state index in [0.29, 0.717) is 15.6 Å². The molecule has 5 nitrogen and oxygen atoms in total. The molecule has 3 aromatic heterocycles. The number of terminal acetylenes is 1. The van der Waals surface area contributed by atoms with E-state index in [1.165, 1.54) is 34.4 Å². The van der Waals surface area contributed by atoms with E-state index < -0.39 is 0 Å². The number of carbonyl (C=O) groups excluding carboxylic acids is 1. The molecule has 0 aliphatic carbocycles. The first kappa shape index (κ1) is 19.3. The van der Waals surface area contributed by atoms with Gasteiger partial charge in [0, 0.05) is 26.9 Å². The summed E-state index contributed by atoms with van der Waals surface area (Å²) in [5.41, 5.74) is 1.63. The Morgan fingerprint density at radius 1 is 1.24 bits per heavy atom. The summed E-state index contributed by atoms with van der Waals surface area (Å²) in [6.07, 6.45) is 11.1. The first-order valence-electron chi connectivity index (χ1n) is 8.57. The van der Waals surface area contributed by atoms with Crippen LogP contribution in [0.15, 0.2) is 57.9 Å². The molecule has 4 rings (SSSR count). The number of amides is 1. The van der Waals surface area contributed by atoms with Crippen molar-refractivity contribution in [2.75, 3.05) is 5.32 Å². The van der Waals surface area contributed by atoms with Crippen LogP contribution in [-0.2, 0) is 0 Å². The zero-order valence-electron chi connectivity index (χ0n) is 15.2. The van der Waals surface area contributed by atoms with Crippen LogP contribution in [0.3, 0.4) is 0 Å². The van der Waals surface area contributed by atoms with Crippen LogP contribution in [0.4, 0.5) is 5.13 Å². The van der Waals surface area contributed by atoms with Gasteiger partial charge in [-0.15, -0.1) is 28.0 Å². The second-order valence-corrected chi connectivity index (χ2v) is 9.14. The van der Waals surface area contributed by atoms with Crippen molar-refractivity contribution in [2.24, 2.45) is 0 Å². The molecule has 0 bridgehead atoms. The summed E-state index contributed by atoms with van der Waals surface area (Å²) in [6, 6.07) is 11.6. The van der Waals surface area contributed by atoms with Gasteiger partial charge in [-0.3, -0.25) is 15.1 Å². The van der Waals surface area contributed by atoms with Crippen molar-refractivity contribution >= 4 is 62.5 Å². The van der Waals surface area contributed by atoms with Crippen molar-refractivity contribution in [3.05, 3.63) is 64.0 Å². The number of nitrogens with one attached hydrogen (secondary N) is 1. The fourth-order valence-electron chi connectivity index (χ4n) is 2.62. The number of anilines is 1. The molecule has 1 amide bonds. The van der Waals surface area contributed by atoms with Crippen LogP contribution in [0.2, 0.25) is 0 Å². The maximum atomic E-state index is 12.6. The van der Waals surface area contributed by atoms with Crippen molar-refractivity contribution in [1.82, 2.24) is 15.2 Å². The average Bonchev–Trinajstić information content (AvgIpc) is 3.35. The summed E-state index contributed by atoms with van der Waals surface area (Å²) in [5.74, 6) is 2.36. The predicted octanol–water partition coefficient (Wildman–Crippen LogP) is 5.57. The number of fused-ring (bicyclic) bond motifs is 1. The second-order valence-electron chi connectivity index (χ2n) is 5.79. The topological polar surface area (TPSA) is 67.8 Å². The van der Waals surface area contributed by atoms with Crippen molar-refractivity contribution < 1.29 is 4.79 Å². The molecule has 3 heterocycles. The maximum Gasteiger partial charge on any atom is 0.267 e. The Kier molecular flexibility index (Phi) is 5.71. The summed E-state index contributed by atoms with van der Waals surface area (Å²) in [4.78, 5) is 19.4. The van der Waals surface area contributed by atoms with Crippen molar-refractivity contribution in [1.29, 1.82) is 0 Å². The molecule has 4 aromatic rings. The van der Waals surface area contributed by atoms with Crippen LogP contribution in [0.25, 0.3) is 17.0 Å². The summed E-state index contributed by atoms with van der Waals surface area (Å²) in [7, 11) is 0. The molecular formula is C21H14N4OS3. The molecule has 0 aliphatic heterocycles. The van der Waals surface area contributed by atoms with Crippen LogP contribution >= 0.6 is 34.4 Å². The highest BCUT2D eigenvalue weighted by molar-refractivity contribution is 8.01. The second kappa shape index (κ2) is 8.57. The van der Waals surface area contributed by atoms with Gasteiger partial charge in [0.25, 0.3) is 5.91 Å². The zero-order valence-corrected chi connectivity index (χ0v) is 17.7. The number of benzene rings is 1. The Balaban J connectivity index is 1.51. The van der Waals surface area contributed by atoms with E-state index in [1.54, 1.807) is 12.3 Å². The number of nitrogens with zero attached hydrogens (tertiary/aromatic N) is 3. The quantitative estimate of drug-likeness (QED) is 0.329. The third kappa shape index (κ3) is 4.22. The van der Waals surface area contributed by atoms with Gasteiger partial charge < -0.3 is 0 Å². The van der Waals surface area contributed by atoms with Crippen LogP contribution in [0.1, 0.15) is 27.0 Å². The van der Waals surface area contributed by atoms with E-state index in [0.717, 1.165) is 25.0 Å². The van der Waals surface area contributed by atoms with E-state index in [4.69, 9.17) is 6.42 Å². The number of allylic oxidation sites excluding steroid dienone is 1. The fourth-order valence-corrected chi connectivity index (χ4v) is 5.43. The van der Waals surface area contributed by atoms with Crippen LogP contribution in [0, 0.1) is 12.3 Å². The lowest BCUT2D eigenvalue weighted by atomic mass is 10.2. The molecule has 1 N–H and O–H groups in total. The highest BCUT2D eigenvalue weighted by Gasteiger charge is 2.15. The molecule has 0 saturated carbocycles. The Hall–Kier alpha value is -2.99. The zero-order chi connectivity index (χ0) is 20.2. The number of rotatable bonds is 5. The Morgan fingerprint density at radius 2 is 2.10 bits per heavy atom. The normalized spacial score (nSPS) is 11.0. The minimum absolute atomic E-state index is 0.246. The lowest BCUT2D eigenvalue weighted by Crippen LogP contribution is -2.09. The first-order chi connectivity index (χ1) is 14.2. The van der Waals surface area contributed by atoms with Crippen molar-refractivity contribution in [2.45, 2.75) is 16.2 Å². The standard InChI is InChI=1S/C21H14N4OS3/c1-3-7-16-13(4-2)12-18(27-16)19(26)23-20-24-25-21(29-20)28-17-10-11-22-15-9-6-5-8-14(15)17/h2-3,5-12H,1H3,(H,23,24,26)/b7-3-. The molecule has 142 valence electrons. The third-order valence-electron chi connectivity index (χ3n) is 3.89. The number of aromatic nitrogens is 3. The largest absolute Gasteiger partial charge is 0.296 e. The van der Waals surface area contributed by atoms with Gasteiger partial charge in [0.15, 0.2) is 4.34 Å². The molecule has 8 heteroatoms. The number of pyridine rings is 1. The van der Waals surface area contributed by atoms with Gasteiger partial charge in [0.2, 0.25) is 5.13 Å². The van der Waals surface area contributed by atoms with E-state index >= 15 is 0 Å². The van der Waals surface area contributed by atoms with Gasteiger partial charge in [-0.05, 0) is 31.2 Å². The van der Waals surface area contributed by atoms with Crippen LogP contribution in [-0.4, -0.2) is 21.1 Å². The van der Waals surface area contributed by atoms with Crippen molar-refractivity contribution in [3.8, 4) is 12.3 Å². The number of hydrogen-bond acceptors (Lipinski definition) is 7. The molecule has 0 atom stereocenters. The summed E-state index contributed by atoms with van der Waals surface area (Å²) < 4.78 is 0.738. The average molecular weight is 435 g/mol. The number of thiophene rings is 1. The van der Waals surface area contributed by atoms with Gasteiger partial charge in [-0.1, -0.05) is 53.3 Å². The van der Waals surface area contributed by atoms with Gasteiger partial charge in [0.1, 0.15) is 0 Å². The molecule has 0 fully saturated rings. The molecule has 0 unspecified atom stereocenters. The summed E-state index contributed by atoms with van der Waals surface area (Å²) in [6.45, 7) is 1.91. The highest BCUT2D eigenvalue weighted by Crippen LogP contribution is 2.35. The lowest BCUT2D eigenvalue weighted by Gasteiger charge is -2.02. The monoisotopic (exact) mass is 434 g/mol. The predicted molar refractivity (Wildman–Crippen MR) is 121 cm³/mol. The Morgan fingerprint density at radius 3 is 2.93 bits per heavy atom. The smallest absolute Gasteiger partial charge is 0.267 e. The SMILES string of the molecule is C#Cc1cc(C(=O)Nc2nnc(Sc3ccnc4ccccc34)s2)sc1/C=C\C. The molecule has 1 aromatic carbocycles.